The molecule has 6 nitrogen and oxygen atoms in total. The van der Waals surface area contributed by atoms with Gasteiger partial charge in [-0.15, -0.1) is 0 Å². The van der Waals surface area contributed by atoms with E-state index in [1.807, 2.05) is 32.0 Å². The summed E-state index contributed by atoms with van der Waals surface area (Å²) in [5.74, 6) is -1.08. The highest BCUT2D eigenvalue weighted by Crippen LogP contribution is 2.13. The number of hydrogen-bond donors (Lipinski definition) is 2. The van der Waals surface area contributed by atoms with Crippen LogP contribution in [0.2, 0.25) is 0 Å². The lowest BCUT2D eigenvalue weighted by Crippen LogP contribution is -2.33. The van der Waals surface area contributed by atoms with Crippen molar-refractivity contribution in [1.82, 2.24) is 10.3 Å². The zero-order valence-electron chi connectivity index (χ0n) is 15.1. The number of aliphatic carboxylic acids is 1. The summed E-state index contributed by atoms with van der Waals surface area (Å²) in [7, 11) is 0. The first-order valence-electron chi connectivity index (χ1n) is 8.65. The Bertz CT molecular complexity index is 744. The zero-order chi connectivity index (χ0) is 18.9. The van der Waals surface area contributed by atoms with Crippen LogP contribution in [-0.4, -0.2) is 28.5 Å². The van der Waals surface area contributed by atoms with Crippen molar-refractivity contribution in [3.05, 3.63) is 59.4 Å². The number of nitrogens with zero attached hydrogens (tertiary/aromatic N) is 1. The van der Waals surface area contributed by atoms with E-state index in [2.05, 4.69) is 10.3 Å². The number of carboxylic acids is 1. The van der Waals surface area contributed by atoms with E-state index in [-0.39, 0.29) is 12.5 Å². The number of aryl methyl sites for hydroxylation is 1. The number of rotatable bonds is 9. The van der Waals surface area contributed by atoms with E-state index in [1.165, 1.54) is 0 Å². The average Bonchev–Trinajstić information content (AvgIpc) is 2.64. The van der Waals surface area contributed by atoms with Gasteiger partial charge in [0.1, 0.15) is 12.4 Å². The molecule has 2 rings (SSSR count). The number of carbonyl (C=O) groups excluding carboxylic acids is 1. The van der Waals surface area contributed by atoms with E-state index in [4.69, 9.17) is 9.84 Å². The summed E-state index contributed by atoms with van der Waals surface area (Å²) in [5, 5.41) is 11.9. The van der Waals surface area contributed by atoms with Gasteiger partial charge in [-0.1, -0.05) is 25.5 Å². The molecule has 1 amide bonds. The lowest BCUT2D eigenvalue weighted by atomic mass is 10.0. The second kappa shape index (κ2) is 9.56. The molecule has 0 spiro atoms. The van der Waals surface area contributed by atoms with Gasteiger partial charge in [0.15, 0.2) is 0 Å². The molecule has 1 unspecified atom stereocenters. The Hall–Kier alpha value is -2.89. The second-order valence-corrected chi connectivity index (χ2v) is 6.16. The predicted octanol–water partition coefficient (Wildman–Crippen LogP) is 3.20. The summed E-state index contributed by atoms with van der Waals surface area (Å²) >= 11 is 0. The molecule has 6 heteroatoms. The standard InChI is InChI=1S/C20H24N2O4/c1-3-5-17(20(24)25)11-22-19(23)16-7-4-6-15(10-16)13-26-18-9-8-14(2)21-12-18/h4,6-10,12,17H,3,5,11,13H2,1-2H3,(H,22,23)(H,24,25). The zero-order valence-corrected chi connectivity index (χ0v) is 15.1. The molecule has 1 atom stereocenters. The van der Waals surface area contributed by atoms with Gasteiger partial charge in [0.05, 0.1) is 12.1 Å². The topological polar surface area (TPSA) is 88.5 Å². The van der Waals surface area contributed by atoms with Crippen LogP contribution in [-0.2, 0) is 11.4 Å². The van der Waals surface area contributed by atoms with Gasteiger partial charge in [-0.2, -0.15) is 0 Å². The summed E-state index contributed by atoms with van der Waals surface area (Å²) in [5.41, 5.74) is 2.24. The molecule has 1 aromatic carbocycles. The molecular formula is C20H24N2O4. The molecule has 0 aliphatic rings. The van der Waals surface area contributed by atoms with Crippen molar-refractivity contribution in [2.45, 2.75) is 33.3 Å². The highest BCUT2D eigenvalue weighted by molar-refractivity contribution is 5.94. The van der Waals surface area contributed by atoms with Gasteiger partial charge in [0.25, 0.3) is 5.91 Å². The van der Waals surface area contributed by atoms with Crippen LogP contribution in [0, 0.1) is 12.8 Å². The fourth-order valence-electron chi connectivity index (χ4n) is 2.49. The van der Waals surface area contributed by atoms with Crippen molar-refractivity contribution in [1.29, 1.82) is 0 Å². The van der Waals surface area contributed by atoms with Gasteiger partial charge >= 0.3 is 5.97 Å². The minimum atomic E-state index is -0.888. The number of carbonyl (C=O) groups is 2. The van der Waals surface area contributed by atoms with Crippen LogP contribution in [0.3, 0.4) is 0 Å². The van der Waals surface area contributed by atoms with Gasteiger partial charge in [0.2, 0.25) is 0 Å². The van der Waals surface area contributed by atoms with Crippen molar-refractivity contribution >= 4 is 11.9 Å². The van der Waals surface area contributed by atoms with Gasteiger partial charge in [-0.25, -0.2) is 0 Å². The average molecular weight is 356 g/mol. The van der Waals surface area contributed by atoms with Crippen LogP contribution in [0.25, 0.3) is 0 Å². The van der Waals surface area contributed by atoms with Gasteiger partial charge in [0, 0.05) is 17.8 Å². The smallest absolute Gasteiger partial charge is 0.308 e. The van der Waals surface area contributed by atoms with Gasteiger partial charge < -0.3 is 15.2 Å². The lowest BCUT2D eigenvalue weighted by Gasteiger charge is -2.13. The number of carboxylic acid groups (broad SMARTS) is 1. The molecule has 0 saturated heterocycles. The number of amides is 1. The number of benzene rings is 1. The van der Waals surface area contributed by atoms with Crippen LogP contribution < -0.4 is 10.1 Å². The maximum Gasteiger partial charge on any atom is 0.308 e. The molecule has 0 bridgehead atoms. The first-order valence-corrected chi connectivity index (χ1v) is 8.65. The highest BCUT2D eigenvalue weighted by Gasteiger charge is 2.17. The van der Waals surface area contributed by atoms with Gasteiger partial charge in [-0.3, -0.25) is 14.6 Å². The van der Waals surface area contributed by atoms with Gasteiger partial charge in [-0.05, 0) is 43.2 Å². The highest BCUT2D eigenvalue weighted by atomic mass is 16.5. The number of hydrogen-bond acceptors (Lipinski definition) is 4. The Morgan fingerprint density at radius 2 is 2.08 bits per heavy atom. The van der Waals surface area contributed by atoms with Crippen LogP contribution in [0.15, 0.2) is 42.6 Å². The van der Waals surface area contributed by atoms with Crippen molar-refractivity contribution < 1.29 is 19.4 Å². The molecule has 138 valence electrons. The summed E-state index contributed by atoms with van der Waals surface area (Å²) in [4.78, 5) is 27.6. The molecule has 26 heavy (non-hydrogen) atoms. The third-order valence-electron chi connectivity index (χ3n) is 3.97. The Morgan fingerprint density at radius 1 is 1.27 bits per heavy atom. The van der Waals surface area contributed by atoms with E-state index in [0.29, 0.717) is 24.3 Å². The molecule has 2 aromatic rings. The first-order chi connectivity index (χ1) is 12.5. The summed E-state index contributed by atoms with van der Waals surface area (Å²) < 4.78 is 5.67. The summed E-state index contributed by atoms with van der Waals surface area (Å²) in [6, 6.07) is 10.8. The van der Waals surface area contributed by atoms with E-state index < -0.39 is 11.9 Å². The SMILES string of the molecule is CCCC(CNC(=O)c1cccc(COc2ccc(C)nc2)c1)C(=O)O. The Morgan fingerprint density at radius 3 is 2.73 bits per heavy atom. The monoisotopic (exact) mass is 356 g/mol. The van der Waals surface area contributed by atoms with E-state index in [9.17, 15) is 9.59 Å². The fraction of sp³-hybridized carbons (Fsp3) is 0.350. The summed E-state index contributed by atoms with van der Waals surface area (Å²) in [6.45, 7) is 4.27. The number of ether oxygens (including phenoxy) is 1. The molecule has 1 heterocycles. The Labute approximate surface area is 153 Å². The van der Waals surface area contributed by atoms with Crippen molar-refractivity contribution in [2.24, 2.45) is 5.92 Å². The molecule has 0 fully saturated rings. The van der Waals surface area contributed by atoms with Crippen molar-refractivity contribution in [3.63, 3.8) is 0 Å². The molecule has 0 radical (unpaired) electrons. The molecule has 0 aliphatic carbocycles. The third-order valence-corrected chi connectivity index (χ3v) is 3.97. The molecule has 1 aromatic heterocycles. The largest absolute Gasteiger partial charge is 0.487 e. The maximum absolute atomic E-state index is 12.3. The molecule has 0 saturated carbocycles. The van der Waals surface area contributed by atoms with E-state index in [0.717, 1.165) is 17.7 Å². The van der Waals surface area contributed by atoms with Crippen LogP contribution in [0.4, 0.5) is 0 Å². The minimum absolute atomic E-state index is 0.123. The van der Waals surface area contributed by atoms with Crippen LogP contribution in [0.1, 0.15) is 41.4 Å². The van der Waals surface area contributed by atoms with Crippen LogP contribution >= 0.6 is 0 Å². The van der Waals surface area contributed by atoms with Crippen molar-refractivity contribution in [3.8, 4) is 5.75 Å². The normalized spacial score (nSPS) is 11.6. The third kappa shape index (κ3) is 5.88. The van der Waals surface area contributed by atoms with E-state index >= 15 is 0 Å². The minimum Gasteiger partial charge on any atom is -0.487 e. The van der Waals surface area contributed by atoms with Crippen molar-refractivity contribution in [2.75, 3.05) is 6.54 Å². The fourth-order valence-corrected chi connectivity index (χ4v) is 2.49. The number of aromatic nitrogens is 1. The molecule has 2 N–H and O–H groups in total. The molecular weight excluding hydrogens is 332 g/mol. The second-order valence-electron chi connectivity index (χ2n) is 6.16. The van der Waals surface area contributed by atoms with E-state index in [1.54, 1.807) is 24.4 Å². The van der Waals surface area contributed by atoms with Crippen LogP contribution in [0.5, 0.6) is 5.75 Å². The predicted molar refractivity (Wildman–Crippen MR) is 98.1 cm³/mol. The number of nitrogens with one attached hydrogen (secondary N) is 1. The Balaban J connectivity index is 1.93. The molecule has 0 aliphatic heterocycles. The maximum atomic E-state index is 12.3. The lowest BCUT2D eigenvalue weighted by molar-refractivity contribution is -0.141. The Kier molecular flexibility index (Phi) is 7.14. The number of pyridine rings is 1. The summed E-state index contributed by atoms with van der Waals surface area (Å²) in [6.07, 6.45) is 2.95. The quantitative estimate of drug-likeness (QED) is 0.720. The first kappa shape index (κ1) is 19.4.